The number of phenolic OH excluding ortho intramolecular Hbond substituents is 1. The number of phenols is 1. The minimum absolute atomic E-state index is 0.00296. The number of esters is 1. The van der Waals surface area contributed by atoms with E-state index in [1.54, 1.807) is 12.1 Å². The van der Waals surface area contributed by atoms with E-state index in [2.05, 4.69) is 5.32 Å². The van der Waals surface area contributed by atoms with Crippen LogP contribution in [0.25, 0.3) is 0 Å². The van der Waals surface area contributed by atoms with Crippen molar-refractivity contribution in [3.63, 3.8) is 0 Å². The number of amides is 1. The highest BCUT2D eigenvalue weighted by Gasteiger charge is 2.38. The fourth-order valence-electron chi connectivity index (χ4n) is 3.79. The van der Waals surface area contributed by atoms with Crippen LogP contribution in [0.2, 0.25) is 0 Å². The Morgan fingerprint density at radius 3 is 2.32 bits per heavy atom. The van der Waals surface area contributed by atoms with Gasteiger partial charge in [0.1, 0.15) is 11.4 Å². The molecule has 0 fully saturated rings. The molecule has 0 radical (unpaired) electrons. The van der Waals surface area contributed by atoms with Crippen LogP contribution < -0.4 is 5.32 Å². The molecule has 0 spiro atoms. The van der Waals surface area contributed by atoms with Crippen LogP contribution in [0.3, 0.4) is 0 Å². The molecule has 1 heterocycles. The lowest BCUT2D eigenvalue weighted by Gasteiger charge is -2.22. The zero-order chi connectivity index (χ0) is 22.3. The summed E-state index contributed by atoms with van der Waals surface area (Å²) in [7, 11) is 1.17. The second-order valence-electron chi connectivity index (χ2n) is 7.01. The van der Waals surface area contributed by atoms with Crippen LogP contribution >= 0.6 is 0 Å². The number of aliphatic hydroxyl groups excluding tert-OH is 1. The molecule has 1 aliphatic carbocycles. The van der Waals surface area contributed by atoms with Gasteiger partial charge in [-0.05, 0) is 12.1 Å². The number of β-amino-alcohol motifs (C(OH)–C–C–N with tert-alkyl or cyclic N) is 1. The van der Waals surface area contributed by atoms with E-state index in [0.717, 1.165) is 0 Å². The number of benzene rings is 2. The van der Waals surface area contributed by atoms with Crippen LogP contribution in [-0.4, -0.2) is 65.4 Å². The van der Waals surface area contributed by atoms with Crippen molar-refractivity contribution in [2.75, 3.05) is 32.1 Å². The molecule has 2 aromatic carbocycles. The first-order valence-electron chi connectivity index (χ1n) is 9.42. The Labute approximate surface area is 176 Å². The van der Waals surface area contributed by atoms with E-state index < -0.39 is 23.4 Å². The van der Waals surface area contributed by atoms with Crippen LogP contribution in [0, 0.1) is 0 Å². The molecule has 0 saturated carbocycles. The van der Waals surface area contributed by atoms with Gasteiger partial charge in [-0.15, -0.1) is 0 Å². The van der Waals surface area contributed by atoms with E-state index in [1.807, 2.05) is 0 Å². The van der Waals surface area contributed by atoms with E-state index in [9.17, 15) is 29.4 Å². The van der Waals surface area contributed by atoms with Crippen molar-refractivity contribution < 1.29 is 34.1 Å². The standard InChI is InChI=1S/C22H18N2O7/c1-31-22(30)13-10-24(8-9-25)21(29)18(13)23-14-6-7-15(26)17-16(14)19(27)11-4-2-3-5-12(11)20(17)28/h2-7,23,25-26H,8-10H2,1H3. The predicted molar refractivity (Wildman–Crippen MR) is 108 cm³/mol. The van der Waals surface area contributed by atoms with Gasteiger partial charge in [0.15, 0.2) is 11.6 Å². The second kappa shape index (κ2) is 7.69. The fraction of sp³-hybridized carbons (Fsp3) is 0.182. The third-order valence-corrected chi connectivity index (χ3v) is 5.27. The lowest BCUT2D eigenvalue weighted by molar-refractivity contribution is -0.136. The smallest absolute Gasteiger partial charge is 0.337 e. The number of carbonyl (C=O) groups excluding carboxylic acids is 4. The molecule has 9 nitrogen and oxygen atoms in total. The van der Waals surface area contributed by atoms with Crippen LogP contribution in [0.1, 0.15) is 31.8 Å². The Balaban J connectivity index is 1.84. The Morgan fingerprint density at radius 2 is 1.71 bits per heavy atom. The van der Waals surface area contributed by atoms with Gasteiger partial charge in [0, 0.05) is 17.7 Å². The topological polar surface area (TPSA) is 133 Å². The van der Waals surface area contributed by atoms with E-state index >= 15 is 0 Å². The van der Waals surface area contributed by atoms with Gasteiger partial charge >= 0.3 is 5.97 Å². The van der Waals surface area contributed by atoms with Crippen LogP contribution in [0.15, 0.2) is 47.7 Å². The number of aromatic hydroxyl groups is 1. The minimum Gasteiger partial charge on any atom is -0.507 e. The number of anilines is 1. The molecule has 2 aliphatic rings. The number of rotatable bonds is 5. The molecular formula is C22H18N2O7. The maximum absolute atomic E-state index is 13.2. The first-order chi connectivity index (χ1) is 14.9. The third-order valence-electron chi connectivity index (χ3n) is 5.27. The molecule has 0 unspecified atom stereocenters. The van der Waals surface area contributed by atoms with E-state index in [4.69, 9.17) is 4.74 Å². The van der Waals surface area contributed by atoms with Crippen LogP contribution in [0.5, 0.6) is 5.75 Å². The van der Waals surface area contributed by atoms with Gasteiger partial charge < -0.3 is 25.2 Å². The van der Waals surface area contributed by atoms with Crippen LogP contribution in [0.4, 0.5) is 5.69 Å². The molecule has 0 saturated heterocycles. The number of carbonyl (C=O) groups is 4. The highest BCUT2D eigenvalue weighted by molar-refractivity contribution is 6.31. The van der Waals surface area contributed by atoms with E-state index in [0.29, 0.717) is 0 Å². The molecule has 3 N–H and O–H groups in total. The normalized spacial score (nSPS) is 15.2. The maximum atomic E-state index is 13.2. The molecule has 158 valence electrons. The summed E-state index contributed by atoms with van der Waals surface area (Å²) in [6, 6.07) is 8.85. The van der Waals surface area contributed by atoms with Gasteiger partial charge in [-0.1, -0.05) is 24.3 Å². The monoisotopic (exact) mass is 422 g/mol. The van der Waals surface area contributed by atoms with Crippen molar-refractivity contribution in [3.8, 4) is 5.75 Å². The fourth-order valence-corrected chi connectivity index (χ4v) is 3.79. The first kappa shape index (κ1) is 20.3. The van der Waals surface area contributed by atoms with Gasteiger partial charge in [0.05, 0.1) is 42.6 Å². The average molecular weight is 422 g/mol. The zero-order valence-electron chi connectivity index (χ0n) is 16.5. The maximum Gasteiger partial charge on any atom is 0.337 e. The van der Waals surface area contributed by atoms with Crippen molar-refractivity contribution in [2.45, 2.75) is 0 Å². The number of aliphatic hydroxyl groups is 1. The summed E-state index contributed by atoms with van der Waals surface area (Å²) in [5, 5.41) is 22.3. The Kier molecular flexibility index (Phi) is 5.04. The largest absolute Gasteiger partial charge is 0.507 e. The summed E-state index contributed by atoms with van der Waals surface area (Å²) in [6.07, 6.45) is 0. The zero-order valence-corrected chi connectivity index (χ0v) is 16.5. The van der Waals surface area contributed by atoms with Gasteiger partial charge in [-0.3, -0.25) is 14.4 Å². The van der Waals surface area contributed by atoms with E-state index in [-0.39, 0.29) is 64.7 Å². The molecular weight excluding hydrogens is 404 g/mol. The molecule has 2 aromatic rings. The lowest BCUT2D eigenvalue weighted by atomic mass is 9.82. The van der Waals surface area contributed by atoms with Crippen molar-refractivity contribution in [1.29, 1.82) is 0 Å². The number of methoxy groups -OCH3 is 1. The summed E-state index contributed by atoms with van der Waals surface area (Å²) >= 11 is 0. The predicted octanol–water partition coefficient (Wildman–Crippen LogP) is 0.841. The highest BCUT2D eigenvalue weighted by atomic mass is 16.5. The number of nitrogens with zero attached hydrogens (tertiary/aromatic N) is 1. The summed E-state index contributed by atoms with van der Waals surface area (Å²) in [5.41, 5.74) is 0.0881. The average Bonchev–Trinajstić information content (AvgIpc) is 3.08. The summed E-state index contributed by atoms with van der Waals surface area (Å²) < 4.78 is 4.75. The molecule has 1 amide bonds. The van der Waals surface area contributed by atoms with Crippen LogP contribution in [-0.2, 0) is 14.3 Å². The number of hydrogen-bond donors (Lipinski definition) is 3. The number of ketones is 2. The summed E-state index contributed by atoms with van der Waals surface area (Å²) in [4.78, 5) is 52.4. The highest BCUT2D eigenvalue weighted by Crippen LogP contribution is 2.38. The lowest BCUT2D eigenvalue weighted by Crippen LogP contribution is -2.31. The molecule has 31 heavy (non-hydrogen) atoms. The molecule has 4 rings (SSSR count). The van der Waals surface area contributed by atoms with Crippen molar-refractivity contribution in [2.24, 2.45) is 0 Å². The van der Waals surface area contributed by atoms with Crippen molar-refractivity contribution in [3.05, 3.63) is 69.9 Å². The van der Waals surface area contributed by atoms with Crippen molar-refractivity contribution in [1.82, 2.24) is 4.90 Å². The van der Waals surface area contributed by atoms with Gasteiger partial charge in [-0.25, -0.2) is 4.79 Å². The Bertz CT molecular complexity index is 1180. The molecule has 0 aromatic heterocycles. The summed E-state index contributed by atoms with van der Waals surface area (Å²) in [6.45, 7) is -0.376. The first-order valence-corrected chi connectivity index (χ1v) is 9.42. The minimum atomic E-state index is -0.739. The Hall–Kier alpha value is -3.98. The quantitative estimate of drug-likeness (QED) is 0.407. The number of fused-ring (bicyclic) bond motifs is 2. The number of hydrogen-bond acceptors (Lipinski definition) is 8. The van der Waals surface area contributed by atoms with Crippen molar-refractivity contribution >= 4 is 29.1 Å². The number of ether oxygens (including phenoxy) is 1. The SMILES string of the molecule is COC(=O)C1=C(Nc2ccc(O)c3c2C(=O)c2ccccc2C3=O)C(=O)N(CCO)C1. The molecule has 0 bridgehead atoms. The summed E-state index contributed by atoms with van der Waals surface area (Å²) in [5.74, 6) is -2.69. The second-order valence-corrected chi connectivity index (χ2v) is 7.01. The molecule has 0 atom stereocenters. The van der Waals surface area contributed by atoms with Gasteiger partial charge in [0.2, 0.25) is 0 Å². The third kappa shape index (κ3) is 3.15. The number of nitrogens with one attached hydrogen (secondary N) is 1. The molecule has 1 aliphatic heterocycles. The van der Waals surface area contributed by atoms with Gasteiger partial charge in [-0.2, -0.15) is 0 Å². The van der Waals surface area contributed by atoms with Gasteiger partial charge in [0.25, 0.3) is 5.91 Å². The van der Waals surface area contributed by atoms with E-state index in [1.165, 1.54) is 36.3 Å². The molecule has 9 heteroatoms. The Morgan fingerprint density at radius 1 is 1.06 bits per heavy atom.